The summed E-state index contributed by atoms with van der Waals surface area (Å²) in [5, 5.41) is 0.549. The van der Waals surface area contributed by atoms with Crippen molar-refractivity contribution in [1.82, 2.24) is 4.90 Å². The van der Waals surface area contributed by atoms with E-state index in [9.17, 15) is 18.0 Å². The summed E-state index contributed by atoms with van der Waals surface area (Å²) in [5.41, 5.74) is 2.91. The lowest BCUT2D eigenvalue weighted by molar-refractivity contribution is -0.145. The first-order valence-electron chi connectivity index (χ1n) is 13.4. The smallest absolute Gasteiger partial charge is 0.410 e. The van der Waals surface area contributed by atoms with Crippen molar-refractivity contribution in [2.75, 3.05) is 30.6 Å². The number of fused-ring (bicyclic) bond motifs is 1. The number of sulfonamides is 1. The molecular formula is C30H31ClN2O7S. The average Bonchev–Trinajstić information content (AvgIpc) is 3.22. The van der Waals surface area contributed by atoms with E-state index in [1.165, 1.54) is 4.31 Å². The maximum atomic E-state index is 13.9. The van der Waals surface area contributed by atoms with Crippen LogP contribution >= 0.6 is 11.6 Å². The van der Waals surface area contributed by atoms with Crippen LogP contribution in [-0.4, -0.2) is 57.7 Å². The van der Waals surface area contributed by atoms with Gasteiger partial charge in [0, 0.05) is 17.6 Å². The molecule has 0 N–H and O–H groups in total. The van der Waals surface area contributed by atoms with Crippen LogP contribution in [0.15, 0.2) is 71.6 Å². The van der Waals surface area contributed by atoms with E-state index in [0.717, 1.165) is 11.1 Å². The monoisotopic (exact) mass is 598 g/mol. The molecule has 0 aliphatic carbocycles. The van der Waals surface area contributed by atoms with Crippen molar-refractivity contribution in [3.8, 4) is 5.75 Å². The second kappa shape index (κ2) is 12.0. The highest BCUT2D eigenvalue weighted by atomic mass is 35.5. The molecule has 1 saturated heterocycles. The molecule has 2 heterocycles. The van der Waals surface area contributed by atoms with Gasteiger partial charge in [-0.15, -0.1) is 0 Å². The zero-order valence-electron chi connectivity index (χ0n) is 22.8. The van der Waals surface area contributed by atoms with Crippen molar-refractivity contribution in [2.45, 2.75) is 43.7 Å². The number of halogens is 1. The molecule has 0 bridgehead atoms. The zero-order valence-corrected chi connectivity index (χ0v) is 24.4. The Labute approximate surface area is 244 Å². The van der Waals surface area contributed by atoms with Crippen LogP contribution in [0.3, 0.4) is 0 Å². The van der Waals surface area contributed by atoms with E-state index in [1.54, 1.807) is 66.4 Å². The molecule has 11 heteroatoms. The third-order valence-corrected chi connectivity index (χ3v) is 9.28. The highest BCUT2D eigenvalue weighted by Crippen LogP contribution is 2.37. The van der Waals surface area contributed by atoms with E-state index in [4.69, 9.17) is 25.8 Å². The lowest BCUT2D eigenvalue weighted by Gasteiger charge is -2.26. The number of amides is 1. The molecule has 0 aromatic heterocycles. The molecule has 2 aliphatic rings. The van der Waals surface area contributed by atoms with Gasteiger partial charge in [0.2, 0.25) is 0 Å². The van der Waals surface area contributed by atoms with Crippen molar-refractivity contribution < 1.29 is 32.2 Å². The van der Waals surface area contributed by atoms with Crippen molar-refractivity contribution in [3.05, 3.63) is 88.4 Å². The Balaban J connectivity index is 1.46. The Kier molecular flexibility index (Phi) is 8.42. The van der Waals surface area contributed by atoms with Gasteiger partial charge in [-0.05, 0) is 80.3 Å². The summed E-state index contributed by atoms with van der Waals surface area (Å²) in [6, 6.07) is 18.6. The van der Waals surface area contributed by atoms with Gasteiger partial charge in [-0.1, -0.05) is 41.4 Å². The number of anilines is 1. The Hall–Kier alpha value is -3.76. The molecular weight excluding hydrogens is 568 g/mol. The number of rotatable bonds is 8. The summed E-state index contributed by atoms with van der Waals surface area (Å²) in [6.45, 7) is 4.03. The van der Waals surface area contributed by atoms with Crippen molar-refractivity contribution in [3.63, 3.8) is 0 Å². The minimum absolute atomic E-state index is 0.155. The quantitative estimate of drug-likeness (QED) is 0.324. The van der Waals surface area contributed by atoms with E-state index in [0.29, 0.717) is 41.4 Å². The number of ether oxygens (including phenoxy) is 3. The SMILES string of the molecule is CCOC(=O)COc1ccc2c(c1)CC(N1C[C@@H](c3cccc(Cl)c3)OC1=O)CCN2S(=O)(=O)c1ccc(C)cc1. The van der Waals surface area contributed by atoms with Gasteiger partial charge < -0.3 is 19.1 Å². The molecule has 3 aromatic rings. The lowest BCUT2D eigenvalue weighted by atomic mass is 10.0. The first-order chi connectivity index (χ1) is 19.7. The van der Waals surface area contributed by atoms with Crippen LogP contribution in [0.4, 0.5) is 10.5 Å². The maximum Gasteiger partial charge on any atom is 0.410 e. The van der Waals surface area contributed by atoms with Crippen LogP contribution in [0.5, 0.6) is 5.75 Å². The van der Waals surface area contributed by atoms with Crippen molar-refractivity contribution >= 4 is 39.4 Å². The molecule has 1 fully saturated rings. The fourth-order valence-corrected chi connectivity index (χ4v) is 6.87. The fourth-order valence-electron chi connectivity index (χ4n) is 5.16. The maximum absolute atomic E-state index is 13.9. The minimum atomic E-state index is -3.91. The largest absolute Gasteiger partial charge is 0.482 e. The topological polar surface area (TPSA) is 102 Å². The van der Waals surface area contributed by atoms with Gasteiger partial charge in [0.1, 0.15) is 11.9 Å². The number of esters is 1. The van der Waals surface area contributed by atoms with Gasteiger partial charge in [-0.25, -0.2) is 18.0 Å². The number of nitrogens with zero attached hydrogens (tertiary/aromatic N) is 2. The van der Waals surface area contributed by atoms with Crippen LogP contribution < -0.4 is 9.04 Å². The number of hydrogen-bond donors (Lipinski definition) is 0. The van der Waals surface area contributed by atoms with E-state index < -0.39 is 28.2 Å². The van der Waals surface area contributed by atoms with Crippen LogP contribution in [0.25, 0.3) is 0 Å². The van der Waals surface area contributed by atoms with E-state index >= 15 is 0 Å². The second-order valence-corrected chi connectivity index (χ2v) is 12.3. The minimum Gasteiger partial charge on any atom is -0.482 e. The molecule has 0 radical (unpaired) electrons. The number of benzene rings is 3. The summed E-state index contributed by atoms with van der Waals surface area (Å²) >= 11 is 6.16. The molecule has 3 aromatic carbocycles. The average molecular weight is 599 g/mol. The number of cyclic esters (lactones) is 1. The van der Waals surface area contributed by atoms with Crippen molar-refractivity contribution in [2.24, 2.45) is 0 Å². The Morgan fingerprint density at radius 1 is 1.10 bits per heavy atom. The van der Waals surface area contributed by atoms with E-state index in [1.807, 2.05) is 19.1 Å². The molecule has 0 saturated carbocycles. The summed E-state index contributed by atoms with van der Waals surface area (Å²) in [6.07, 6.45) is -0.207. The Morgan fingerprint density at radius 3 is 2.61 bits per heavy atom. The Morgan fingerprint density at radius 2 is 1.88 bits per heavy atom. The number of aryl methyl sites for hydroxylation is 1. The number of carbonyl (C=O) groups excluding carboxylic acids is 2. The van der Waals surface area contributed by atoms with Gasteiger partial charge in [0.25, 0.3) is 10.0 Å². The van der Waals surface area contributed by atoms with Gasteiger partial charge in [-0.3, -0.25) is 4.31 Å². The van der Waals surface area contributed by atoms with Crippen molar-refractivity contribution in [1.29, 1.82) is 0 Å². The highest BCUT2D eigenvalue weighted by molar-refractivity contribution is 7.92. The number of carbonyl (C=O) groups is 2. The standard InChI is InChI=1S/C30H31ClN2O7S/c1-3-38-29(34)19-39-25-9-12-27-22(17-25)16-24(13-14-33(27)41(36,37)26-10-7-20(2)8-11-26)32-18-28(40-30(32)35)21-5-4-6-23(31)15-21/h4-12,15,17,24,28H,3,13-14,16,18-19H2,1-2H3/t24?,28-/m0/s1. The van der Waals surface area contributed by atoms with E-state index in [2.05, 4.69) is 0 Å². The highest BCUT2D eigenvalue weighted by Gasteiger charge is 2.40. The molecule has 2 atom stereocenters. The summed E-state index contributed by atoms with van der Waals surface area (Å²) in [7, 11) is -3.91. The third-order valence-electron chi connectivity index (χ3n) is 7.21. The Bertz CT molecular complexity index is 1540. The van der Waals surface area contributed by atoms with Gasteiger partial charge >= 0.3 is 12.1 Å². The van der Waals surface area contributed by atoms with Gasteiger partial charge in [0.05, 0.1) is 23.7 Å². The molecule has 5 rings (SSSR count). The third kappa shape index (κ3) is 6.28. The molecule has 2 aliphatic heterocycles. The predicted octanol–water partition coefficient (Wildman–Crippen LogP) is 5.29. The molecule has 0 spiro atoms. The lowest BCUT2D eigenvalue weighted by Crippen LogP contribution is -2.39. The predicted molar refractivity (Wildman–Crippen MR) is 154 cm³/mol. The zero-order chi connectivity index (χ0) is 29.1. The first-order valence-corrected chi connectivity index (χ1v) is 15.2. The molecule has 41 heavy (non-hydrogen) atoms. The van der Waals surface area contributed by atoms with Gasteiger partial charge in [-0.2, -0.15) is 0 Å². The molecule has 9 nitrogen and oxygen atoms in total. The molecule has 216 valence electrons. The number of hydrogen-bond acceptors (Lipinski definition) is 7. The second-order valence-electron chi connectivity index (χ2n) is 10.0. The van der Waals surface area contributed by atoms with E-state index in [-0.39, 0.29) is 30.7 Å². The summed E-state index contributed by atoms with van der Waals surface area (Å²) in [4.78, 5) is 26.8. The summed E-state index contributed by atoms with van der Waals surface area (Å²) < 4.78 is 45.4. The first kappa shape index (κ1) is 28.8. The fraction of sp³-hybridized carbons (Fsp3) is 0.333. The van der Waals surface area contributed by atoms with Crippen LogP contribution in [0.1, 0.15) is 36.1 Å². The molecule has 1 amide bonds. The summed E-state index contributed by atoms with van der Waals surface area (Å²) in [5.74, 6) is -0.110. The van der Waals surface area contributed by atoms with Crippen LogP contribution in [0, 0.1) is 6.92 Å². The van der Waals surface area contributed by atoms with Gasteiger partial charge in [0.15, 0.2) is 6.61 Å². The normalized spacial score (nSPS) is 18.9. The van der Waals surface area contributed by atoms with Crippen LogP contribution in [-0.2, 0) is 30.7 Å². The molecule has 1 unspecified atom stereocenters. The van der Waals surface area contributed by atoms with Crippen LogP contribution in [0.2, 0.25) is 5.02 Å².